The zero-order chi connectivity index (χ0) is 15.2. The largest absolute Gasteiger partial charge is 0.493 e. The van der Waals surface area contributed by atoms with Gasteiger partial charge in [-0.25, -0.2) is 4.79 Å². The van der Waals surface area contributed by atoms with Crippen molar-refractivity contribution in [3.05, 3.63) is 12.0 Å². The third-order valence-electron chi connectivity index (χ3n) is 3.35. The molecule has 0 unspecified atom stereocenters. The van der Waals surface area contributed by atoms with Gasteiger partial charge < -0.3 is 24.8 Å². The average Bonchev–Trinajstić information content (AvgIpc) is 2.53. The Balaban J connectivity index is 1.80. The van der Waals surface area contributed by atoms with E-state index in [1.165, 1.54) is 11.2 Å². The first-order valence-electron chi connectivity index (χ1n) is 6.76. The van der Waals surface area contributed by atoms with E-state index in [0.717, 1.165) is 0 Å². The zero-order valence-electron chi connectivity index (χ0n) is 11.6. The highest BCUT2D eigenvalue weighted by atomic mass is 16.6. The fourth-order valence-corrected chi connectivity index (χ4v) is 2.20. The Kier molecular flexibility index (Phi) is 5.02. The van der Waals surface area contributed by atoms with Crippen LogP contribution in [0.5, 0.6) is 0 Å². The molecular formula is C13H18N2O6. The molecule has 2 aliphatic heterocycles. The number of nitrogens with two attached hydrogens (primary N) is 1. The van der Waals surface area contributed by atoms with E-state index in [4.69, 9.17) is 19.9 Å². The third-order valence-corrected chi connectivity index (χ3v) is 3.35. The number of hydrogen-bond acceptors (Lipinski definition) is 6. The Morgan fingerprint density at radius 3 is 2.86 bits per heavy atom. The van der Waals surface area contributed by atoms with Gasteiger partial charge in [-0.3, -0.25) is 9.59 Å². The summed E-state index contributed by atoms with van der Waals surface area (Å²) in [4.78, 5) is 36.2. The molecule has 0 spiro atoms. The second-order valence-electron chi connectivity index (χ2n) is 4.86. The normalized spacial score (nSPS) is 21.6. The number of carbonyl (C=O) groups excluding carboxylic acids is 3. The van der Waals surface area contributed by atoms with Gasteiger partial charge in [0, 0.05) is 13.1 Å². The van der Waals surface area contributed by atoms with Gasteiger partial charge in [-0.05, 0) is 12.8 Å². The van der Waals surface area contributed by atoms with Crippen LogP contribution in [0.4, 0.5) is 0 Å². The van der Waals surface area contributed by atoms with E-state index in [1.54, 1.807) is 0 Å². The summed E-state index contributed by atoms with van der Waals surface area (Å²) in [5, 5.41) is 0. The smallest absolute Gasteiger partial charge is 0.377 e. The van der Waals surface area contributed by atoms with Gasteiger partial charge >= 0.3 is 5.97 Å². The van der Waals surface area contributed by atoms with Gasteiger partial charge in [0.2, 0.25) is 11.7 Å². The first kappa shape index (κ1) is 15.1. The summed E-state index contributed by atoms with van der Waals surface area (Å²) in [5.74, 6) is -1.90. The number of esters is 1. The molecule has 2 amide bonds. The minimum Gasteiger partial charge on any atom is -0.493 e. The highest BCUT2D eigenvalue weighted by molar-refractivity contribution is 5.88. The van der Waals surface area contributed by atoms with Gasteiger partial charge in [-0.15, -0.1) is 0 Å². The molecule has 8 heteroatoms. The standard InChI is InChI=1S/C13H18N2O6/c14-12(17)9-2-1-3-15(6-9)11(16)8-21-13(18)10-7-19-4-5-20-10/h7,9H,1-6,8H2,(H2,14,17)/t9-/m0/s1. The highest BCUT2D eigenvalue weighted by Gasteiger charge is 2.28. The summed E-state index contributed by atoms with van der Waals surface area (Å²) in [6.45, 7) is 1.04. The molecule has 0 bridgehead atoms. The van der Waals surface area contributed by atoms with E-state index >= 15 is 0 Å². The molecule has 21 heavy (non-hydrogen) atoms. The molecule has 0 aliphatic carbocycles. The van der Waals surface area contributed by atoms with Gasteiger partial charge in [0.15, 0.2) is 6.61 Å². The van der Waals surface area contributed by atoms with E-state index in [9.17, 15) is 14.4 Å². The topological polar surface area (TPSA) is 108 Å². The van der Waals surface area contributed by atoms with Crippen molar-refractivity contribution in [1.29, 1.82) is 0 Å². The van der Waals surface area contributed by atoms with Crippen molar-refractivity contribution in [1.82, 2.24) is 4.90 Å². The van der Waals surface area contributed by atoms with Gasteiger partial charge in [0.05, 0.1) is 5.92 Å². The number of carbonyl (C=O) groups is 3. The Morgan fingerprint density at radius 1 is 1.38 bits per heavy atom. The molecule has 8 nitrogen and oxygen atoms in total. The van der Waals surface area contributed by atoms with Gasteiger partial charge in [-0.2, -0.15) is 0 Å². The maximum Gasteiger partial charge on any atom is 0.377 e. The van der Waals surface area contributed by atoms with Crippen LogP contribution >= 0.6 is 0 Å². The van der Waals surface area contributed by atoms with Crippen molar-refractivity contribution in [3.63, 3.8) is 0 Å². The monoisotopic (exact) mass is 298 g/mol. The Morgan fingerprint density at radius 2 is 2.19 bits per heavy atom. The predicted molar refractivity (Wildman–Crippen MR) is 69.4 cm³/mol. The first-order valence-corrected chi connectivity index (χ1v) is 6.76. The van der Waals surface area contributed by atoms with Crippen molar-refractivity contribution in [2.24, 2.45) is 11.7 Å². The number of rotatable bonds is 4. The van der Waals surface area contributed by atoms with E-state index in [-0.39, 0.29) is 30.7 Å². The summed E-state index contributed by atoms with van der Waals surface area (Å²) in [6.07, 6.45) is 2.55. The molecule has 2 heterocycles. The molecule has 2 N–H and O–H groups in total. The van der Waals surface area contributed by atoms with Crippen molar-refractivity contribution >= 4 is 17.8 Å². The summed E-state index contributed by atoms with van der Waals surface area (Å²) in [5.41, 5.74) is 5.25. The minimum atomic E-state index is -0.744. The van der Waals surface area contributed by atoms with Crippen molar-refractivity contribution in [3.8, 4) is 0 Å². The van der Waals surface area contributed by atoms with Crippen LogP contribution in [0.25, 0.3) is 0 Å². The lowest BCUT2D eigenvalue weighted by Gasteiger charge is -2.31. The summed E-state index contributed by atoms with van der Waals surface area (Å²) in [6, 6.07) is 0. The molecule has 1 fully saturated rings. The third kappa shape index (κ3) is 4.11. The molecule has 0 aromatic heterocycles. The van der Waals surface area contributed by atoms with E-state index < -0.39 is 18.5 Å². The maximum absolute atomic E-state index is 12.0. The molecule has 0 aromatic carbocycles. The number of ether oxygens (including phenoxy) is 3. The molecule has 116 valence electrons. The van der Waals surface area contributed by atoms with E-state index in [2.05, 4.69) is 0 Å². The second-order valence-corrected chi connectivity index (χ2v) is 4.86. The van der Waals surface area contributed by atoms with Crippen LogP contribution in [-0.4, -0.2) is 55.6 Å². The first-order chi connectivity index (χ1) is 10.1. The minimum absolute atomic E-state index is 0.0530. The number of primary amides is 1. The second kappa shape index (κ2) is 6.96. The molecular weight excluding hydrogens is 280 g/mol. The zero-order valence-corrected chi connectivity index (χ0v) is 11.6. The SMILES string of the molecule is NC(=O)[C@H]1CCCN(C(=O)COC(=O)C2=COCCO2)C1. The van der Waals surface area contributed by atoms with Gasteiger partial charge in [-0.1, -0.05) is 0 Å². The molecule has 2 aliphatic rings. The van der Waals surface area contributed by atoms with Crippen molar-refractivity contribution in [2.75, 3.05) is 32.9 Å². The van der Waals surface area contributed by atoms with Crippen molar-refractivity contribution < 1.29 is 28.6 Å². The number of nitrogens with zero attached hydrogens (tertiary/aromatic N) is 1. The Bertz CT molecular complexity index is 462. The number of likely N-dealkylation sites (tertiary alicyclic amines) is 1. The highest BCUT2D eigenvalue weighted by Crippen LogP contribution is 2.16. The lowest BCUT2D eigenvalue weighted by atomic mass is 9.97. The Hall–Kier alpha value is -2.25. The molecule has 0 aromatic rings. The maximum atomic E-state index is 12.0. The van der Waals surface area contributed by atoms with Crippen LogP contribution in [0.2, 0.25) is 0 Å². The van der Waals surface area contributed by atoms with Crippen molar-refractivity contribution in [2.45, 2.75) is 12.8 Å². The van der Waals surface area contributed by atoms with Crippen LogP contribution in [-0.2, 0) is 28.6 Å². The lowest BCUT2D eigenvalue weighted by molar-refractivity contribution is -0.153. The average molecular weight is 298 g/mol. The van der Waals surface area contributed by atoms with Crippen LogP contribution in [0, 0.1) is 5.92 Å². The number of hydrogen-bond donors (Lipinski definition) is 1. The van der Waals surface area contributed by atoms with Crippen LogP contribution < -0.4 is 5.73 Å². The predicted octanol–water partition coefficient (Wildman–Crippen LogP) is -0.858. The van der Waals surface area contributed by atoms with Gasteiger partial charge in [0.1, 0.15) is 19.5 Å². The fourth-order valence-electron chi connectivity index (χ4n) is 2.20. The van der Waals surface area contributed by atoms with E-state index in [1.807, 2.05) is 0 Å². The summed E-state index contributed by atoms with van der Waals surface area (Å²) >= 11 is 0. The molecule has 2 rings (SSSR count). The van der Waals surface area contributed by atoms with E-state index in [0.29, 0.717) is 26.0 Å². The quantitative estimate of drug-likeness (QED) is 0.677. The fraction of sp³-hybridized carbons (Fsp3) is 0.615. The molecule has 0 saturated carbocycles. The lowest BCUT2D eigenvalue weighted by Crippen LogP contribution is -2.45. The Labute approximate surface area is 121 Å². The number of piperidine rings is 1. The summed E-state index contributed by atoms with van der Waals surface area (Å²) < 4.78 is 14.8. The molecule has 1 saturated heterocycles. The number of amides is 2. The molecule has 0 radical (unpaired) electrons. The van der Waals surface area contributed by atoms with Gasteiger partial charge in [0.25, 0.3) is 5.91 Å². The van der Waals surface area contributed by atoms with Crippen LogP contribution in [0.3, 0.4) is 0 Å². The van der Waals surface area contributed by atoms with Crippen LogP contribution in [0.15, 0.2) is 12.0 Å². The van der Waals surface area contributed by atoms with Crippen LogP contribution in [0.1, 0.15) is 12.8 Å². The molecule has 1 atom stereocenters. The summed E-state index contributed by atoms with van der Waals surface area (Å²) in [7, 11) is 0.